The normalized spacial score (nSPS) is 10.9. The van der Waals surface area contributed by atoms with Crippen LogP contribution in [0.5, 0.6) is 0 Å². The largest absolute Gasteiger partial charge is 0.279 e. The number of rotatable bonds is 4. The molecule has 0 saturated heterocycles. The molecule has 0 aliphatic rings. The predicted octanol–water partition coefficient (Wildman–Crippen LogP) is 2.37. The van der Waals surface area contributed by atoms with Crippen LogP contribution in [0.3, 0.4) is 0 Å². The summed E-state index contributed by atoms with van der Waals surface area (Å²) in [5.74, 6) is 0. The van der Waals surface area contributed by atoms with Crippen LogP contribution in [-0.2, 0) is 16.6 Å². The van der Waals surface area contributed by atoms with Gasteiger partial charge in [-0.1, -0.05) is 0 Å². The van der Waals surface area contributed by atoms with Gasteiger partial charge >= 0.3 is 0 Å². The molecule has 24 heavy (non-hydrogen) atoms. The van der Waals surface area contributed by atoms with Gasteiger partial charge in [-0.2, -0.15) is 15.6 Å². The van der Waals surface area contributed by atoms with Gasteiger partial charge in [0.1, 0.15) is 17.0 Å². The summed E-state index contributed by atoms with van der Waals surface area (Å²) in [6, 6.07) is 6.78. The summed E-state index contributed by atoms with van der Waals surface area (Å²) < 4.78 is 29.7. The standard InChI is InChI=1S/C16H17N5O2S/c1-5-21-12(4)16(11(3)19-21)24(22,23)20-15-7-6-13(8-17)14(9-18)10(15)2/h6-7,20H,5H2,1-4H3. The van der Waals surface area contributed by atoms with Crippen LogP contribution in [0.4, 0.5) is 5.69 Å². The van der Waals surface area contributed by atoms with E-state index in [9.17, 15) is 13.7 Å². The number of aryl methyl sites for hydroxylation is 2. The van der Waals surface area contributed by atoms with Crippen molar-refractivity contribution in [2.45, 2.75) is 39.1 Å². The Hall–Kier alpha value is -2.84. The van der Waals surface area contributed by atoms with Crippen molar-refractivity contribution >= 4 is 15.7 Å². The van der Waals surface area contributed by atoms with Crippen molar-refractivity contribution in [1.82, 2.24) is 9.78 Å². The summed E-state index contributed by atoms with van der Waals surface area (Å²) in [4.78, 5) is 0.131. The molecular formula is C16H17N5O2S. The number of aromatic nitrogens is 2. The molecule has 0 unspecified atom stereocenters. The van der Waals surface area contributed by atoms with E-state index in [1.54, 1.807) is 25.5 Å². The summed E-state index contributed by atoms with van der Waals surface area (Å²) in [7, 11) is -3.86. The quantitative estimate of drug-likeness (QED) is 0.916. The van der Waals surface area contributed by atoms with E-state index in [1.807, 2.05) is 19.1 Å². The van der Waals surface area contributed by atoms with Crippen LogP contribution in [0.15, 0.2) is 17.0 Å². The maximum atomic E-state index is 12.8. The van der Waals surface area contributed by atoms with Gasteiger partial charge in [-0.15, -0.1) is 0 Å². The highest BCUT2D eigenvalue weighted by molar-refractivity contribution is 7.92. The van der Waals surface area contributed by atoms with E-state index in [4.69, 9.17) is 5.26 Å². The molecule has 1 aromatic carbocycles. The Morgan fingerprint density at radius 3 is 2.38 bits per heavy atom. The van der Waals surface area contributed by atoms with Gasteiger partial charge in [-0.25, -0.2) is 8.42 Å². The van der Waals surface area contributed by atoms with Gasteiger partial charge in [0.15, 0.2) is 0 Å². The number of hydrogen-bond donors (Lipinski definition) is 1. The van der Waals surface area contributed by atoms with Gasteiger partial charge in [0.25, 0.3) is 10.0 Å². The minimum atomic E-state index is -3.86. The highest BCUT2D eigenvalue weighted by atomic mass is 32.2. The molecule has 124 valence electrons. The Labute approximate surface area is 141 Å². The molecule has 7 nitrogen and oxygen atoms in total. The van der Waals surface area contributed by atoms with Crippen LogP contribution in [0.25, 0.3) is 0 Å². The van der Waals surface area contributed by atoms with Crippen LogP contribution in [0.1, 0.15) is 35.0 Å². The molecule has 1 aromatic heterocycles. The number of benzene rings is 1. The number of nitrogens with zero attached hydrogens (tertiary/aromatic N) is 4. The van der Waals surface area contributed by atoms with Gasteiger partial charge in [-0.05, 0) is 45.4 Å². The second-order valence-corrected chi connectivity index (χ2v) is 6.92. The number of nitrogens with one attached hydrogen (secondary N) is 1. The molecule has 2 aromatic rings. The second kappa shape index (κ2) is 6.34. The first-order valence-electron chi connectivity index (χ1n) is 7.27. The smallest absolute Gasteiger partial charge is 0.265 e. The van der Waals surface area contributed by atoms with E-state index in [0.717, 1.165) is 0 Å². The van der Waals surface area contributed by atoms with Gasteiger partial charge in [0, 0.05) is 6.54 Å². The summed E-state index contributed by atoms with van der Waals surface area (Å²) >= 11 is 0. The number of anilines is 1. The van der Waals surface area contributed by atoms with E-state index in [-0.39, 0.29) is 21.7 Å². The lowest BCUT2D eigenvalue weighted by Crippen LogP contribution is -2.16. The third-order valence-electron chi connectivity index (χ3n) is 3.82. The highest BCUT2D eigenvalue weighted by Crippen LogP contribution is 2.27. The van der Waals surface area contributed by atoms with Gasteiger partial charge < -0.3 is 0 Å². The van der Waals surface area contributed by atoms with Crippen LogP contribution in [0, 0.1) is 43.4 Å². The molecule has 0 atom stereocenters. The molecule has 0 radical (unpaired) electrons. The van der Waals surface area contributed by atoms with Crippen molar-refractivity contribution in [2.75, 3.05) is 4.72 Å². The summed E-state index contributed by atoms with van der Waals surface area (Å²) in [6.45, 7) is 7.39. The lowest BCUT2D eigenvalue weighted by molar-refractivity contribution is 0.598. The molecule has 0 fully saturated rings. The zero-order valence-electron chi connectivity index (χ0n) is 13.9. The van der Waals surface area contributed by atoms with Crippen molar-refractivity contribution in [1.29, 1.82) is 10.5 Å². The molecule has 0 bridgehead atoms. The van der Waals surface area contributed by atoms with E-state index in [2.05, 4.69) is 9.82 Å². The number of hydrogen-bond acceptors (Lipinski definition) is 5. The zero-order chi connectivity index (χ0) is 18.1. The maximum absolute atomic E-state index is 12.8. The number of nitriles is 2. The third kappa shape index (κ3) is 2.84. The summed E-state index contributed by atoms with van der Waals surface area (Å²) in [5.41, 5.74) is 2.02. The Morgan fingerprint density at radius 1 is 1.21 bits per heavy atom. The molecule has 0 saturated carbocycles. The molecule has 1 N–H and O–H groups in total. The first-order valence-corrected chi connectivity index (χ1v) is 8.75. The Morgan fingerprint density at radius 2 is 1.88 bits per heavy atom. The Balaban J connectivity index is 2.55. The zero-order valence-corrected chi connectivity index (χ0v) is 14.7. The molecule has 0 aliphatic carbocycles. The fourth-order valence-electron chi connectivity index (χ4n) is 2.63. The second-order valence-electron chi connectivity index (χ2n) is 5.31. The van der Waals surface area contributed by atoms with E-state index in [0.29, 0.717) is 23.5 Å². The topological polar surface area (TPSA) is 112 Å². The Kier molecular flexibility index (Phi) is 4.63. The van der Waals surface area contributed by atoms with Crippen molar-refractivity contribution in [2.24, 2.45) is 0 Å². The van der Waals surface area contributed by atoms with Crippen LogP contribution in [-0.4, -0.2) is 18.2 Å². The maximum Gasteiger partial charge on any atom is 0.265 e. The molecule has 0 amide bonds. The average Bonchev–Trinajstić information content (AvgIpc) is 2.83. The average molecular weight is 343 g/mol. The monoisotopic (exact) mass is 343 g/mol. The van der Waals surface area contributed by atoms with E-state index >= 15 is 0 Å². The molecule has 1 heterocycles. The van der Waals surface area contributed by atoms with Gasteiger partial charge in [0.05, 0.1) is 28.2 Å². The van der Waals surface area contributed by atoms with Crippen molar-refractivity contribution in [3.05, 3.63) is 40.2 Å². The molecule has 2 rings (SSSR count). The number of sulfonamides is 1. The molecule has 0 aliphatic heterocycles. The highest BCUT2D eigenvalue weighted by Gasteiger charge is 2.25. The van der Waals surface area contributed by atoms with Gasteiger partial charge in [0.2, 0.25) is 0 Å². The van der Waals surface area contributed by atoms with Crippen molar-refractivity contribution < 1.29 is 8.42 Å². The molecular weight excluding hydrogens is 326 g/mol. The summed E-state index contributed by atoms with van der Waals surface area (Å²) in [5, 5.41) is 22.5. The molecule has 0 spiro atoms. The van der Waals surface area contributed by atoms with Crippen LogP contribution < -0.4 is 4.72 Å². The van der Waals surface area contributed by atoms with Crippen molar-refractivity contribution in [3.8, 4) is 12.1 Å². The Bertz CT molecular complexity index is 991. The SMILES string of the molecule is CCn1nc(C)c(S(=O)(=O)Nc2ccc(C#N)c(C#N)c2C)c1C. The first kappa shape index (κ1) is 17.5. The lowest BCUT2D eigenvalue weighted by Gasteiger charge is -2.12. The molecule has 8 heteroatoms. The van der Waals surface area contributed by atoms with Crippen LogP contribution >= 0.6 is 0 Å². The fraction of sp³-hybridized carbons (Fsp3) is 0.312. The van der Waals surface area contributed by atoms with E-state index in [1.165, 1.54) is 12.1 Å². The van der Waals surface area contributed by atoms with Crippen molar-refractivity contribution in [3.63, 3.8) is 0 Å². The minimum absolute atomic E-state index is 0.131. The van der Waals surface area contributed by atoms with Gasteiger partial charge in [-0.3, -0.25) is 9.40 Å². The first-order chi connectivity index (χ1) is 11.3. The third-order valence-corrected chi connectivity index (χ3v) is 5.44. The predicted molar refractivity (Wildman–Crippen MR) is 88.8 cm³/mol. The van der Waals surface area contributed by atoms with E-state index < -0.39 is 10.0 Å². The minimum Gasteiger partial charge on any atom is -0.279 e. The summed E-state index contributed by atoms with van der Waals surface area (Å²) in [6.07, 6.45) is 0. The fourth-order valence-corrected chi connectivity index (χ4v) is 4.17. The lowest BCUT2D eigenvalue weighted by atomic mass is 10.0. The van der Waals surface area contributed by atoms with Crippen LogP contribution in [0.2, 0.25) is 0 Å².